The molecule has 2 aromatic rings. The van der Waals surface area contributed by atoms with Crippen LogP contribution in [0.1, 0.15) is 31.0 Å². The maximum absolute atomic E-state index is 13.8. The van der Waals surface area contributed by atoms with Gasteiger partial charge in [0.2, 0.25) is 5.91 Å². The quantitative estimate of drug-likeness (QED) is 0.882. The van der Waals surface area contributed by atoms with Gasteiger partial charge in [-0.05, 0) is 38.1 Å². The number of rotatable bonds is 5. The van der Waals surface area contributed by atoms with E-state index in [2.05, 4.69) is 10.6 Å². The van der Waals surface area contributed by atoms with Gasteiger partial charge < -0.3 is 5.32 Å². The van der Waals surface area contributed by atoms with Crippen molar-refractivity contribution in [3.63, 3.8) is 0 Å². The molecule has 0 radical (unpaired) electrons. The average Bonchev–Trinajstić information content (AvgIpc) is 2.54. The maximum atomic E-state index is 13.8. The summed E-state index contributed by atoms with van der Waals surface area (Å²) in [5.74, 6) is -1.63. The van der Waals surface area contributed by atoms with Crippen molar-refractivity contribution >= 4 is 11.6 Å². The first kappa shape index (κ1) is 17.6. The van der Waals surface area contributed by atoms with Gasteiger partial charge in [0.25, 0.3) is 0 Å². The summed E-state index contributed by atoms with van der Waals surface area (Å²) in [6.45, 7) is 3.33. The number of nitriles is 1. The highest BCUT2D eigenvalue weighted by atomic mass is 19.1. The number of amides is 1. The Hall–Kier alpha value is -2.78. The fourth-order valence-corrected chi connectivity index (χ4v) is 2.31. The molecule has 0 spiro atoms. The van der Waals surface area contributed by atoms with E-state index < -0.39 is 23.7 Å². The van der Waals surface area contributed by atoms with Crippen LogP contribution in [0.5, 0.6) is 0 Å². The van der Waals surface area contributed by atoms with E-state index in [9.17, 15) is 13.6 Å². The molecule has 2 N–H and O–H groups in total. The van der Waals surface area contributed by atoms with Crippen molar-refractivity contribution in [3.8, 4) is 6.07 Å². The Morgan fingerprint density at radius 3 is 2.58 bits per heavy atom. The average molecular weight is 329 g/mol. The second-order valence-electron chi connectivity index (χ2n) is 5.46. The number of nitrogens with one attached hydrogen (secondary N) is 2. The van der Waals surface area contributed by atoms with Gasteiger partial charge in [0.15, 0.2) is 0 Å². The molecule has 0 heterocycles. The normalized spacial score (nSPS) is 13.0. The van der Waals surface area contributed by atoms with Crippen LogP contribution in [-0.2, 0) is 4.79 Å². The lowest BCUT2D eigenvalue weighted by molar-refractivity contribution is -0.117. The fourth-order valence-electron chi connectivity index (χ4n) is 2.31. The number of hydrogen-bond donors (Lipinski definition) is 2. The minimum absolute atomic E-state index is 0.280. The van der Waals surface area contributed by atoms with E-state index in [1.54, 1.807) is 38.1 Å². The van der Waals surface area contributed by atoms with Crippen LogP contribution in [0.3, 0.4) is 0 Å². The van der Waals surface area contributed by atoms with Gasteiger partial charge in [-0.1, -0.05) is 12.1 Å². The highest BCUT2D eigenvalue weighted by Crippen LogP contribution is 2.18. The van der Waals surface area contributed by atoms with Gasteiger partial charge in [0.1, 0.15) is 11.6 Å². The summed E-state index contributed by atoms with van der Waals surface area (Å²) in [5, 5.41) is 14.5. The van der Waals surface area contributed by atoms with E-state index in [1.165, 1.54) is 12.1 Å². The Labute approximate surface area is 139 Å². The van der Waals surface area contributed by atoms with Gasteiger partial charge in [-0.15, -0.1) is 0 Å². The maximum Gasteiger partial charge on any atom is 0.241 e. The summed E-state index contributed by atoms with van der Waals surface area (Å²) >= 11 is 0. The van der Waals surface area contributed by atoms with Gasteiger partial charge in [-0.3, -0.25) is 10.1 Å². The Morgan fingerprint density at radius 2 is 1.92 bits per heavy atom. The number of carbonyl (C=O) groups excluding carboxylic acids is 1. The van der Waals surface area contributed by atoms with Crippen LogP contribution in [-0.4, -0.2) is 11.9 Å². The molecule has 1 amide bonds. The number of halogens is 2. The van der Waals surface area contributed by atoms with Crippen molar-refractivity contribution in [3.05, 3.63) is 65.2 Å². The van der Waals surface area contributed by atoms with Crippen molar-refractivity contribution in [2.75, 3.05) is 5.32 Å². The van der Waals surface area contributed by atoms with Crippen molar-refractivity contribution in [2.45, 2.75) is 25.9 Å². The van der Waals surface area contributed by atoms with Gasteiger partial charge in [0, 0.05) is 23.4 Å². The van der Waals surface area contributed by atoms with Gasteiger partial charge >= 0.3 is 0 Å². The summed E-state index contributed by atoms with van der Waals surface area (Å²) in [5.41, 5.74) is 1.23. The molecule has 0 saturated carbocycles. The van der Waals surface area contributed by atoms with Crippen LogP contribution in [0, 0.1) is 23.0 Å². The van der Waals surface area contributed by atoms with Crippen LogP contribution < -0.4 is 10.6 Å². The van der Waals surface area contributed by atoms with E-state index in [4.69, 9.17) is 5.26 Å². The number of anilines is 1. The second-order valence-corrected chi connectivity index (χ2v) is 5.46. The lowest BCUT2D eigenvalue weighted by Gasteiger charge is -2.20. The summed E-state index contributed by atoms with van der Waals surface area (Å²) in [6.07, 6.45) is 0. The SMILES string of the molecule is C[C@H](N[C@@H](C)c1ccc(F)cc1F)C(=O)Nc1cccc(C#N)c1. The van der Waals surface area contributed by atoms with Crippen molar-refractivity contribution in [1.29, 1.82) is 5.26 Å². The lowest BCUT2D eigenvalue weighted by atomic mass is 10.1. The van der Waals surface area contributed by atoms with E-state index in [1.807, 2.05) is 6.07 Å². The summed E-state index contributed by atoms with van der Waals surface area (Å²) in [4.78, 5) is 12.2. The van der Waals surface area contributed by atoms with E-state index in [0.29, 0.717) is 11.3 Å². The molecule has 24 heavy (non-hydrogen) atoms. The first-order valence-corrected chi connectivity index (χ1v) is 7.42. The van der Waals surface area contributed by atoms with Crippen LogP contribution in [0.15, 0.2) is 42.5 Å². The van der Waals surface area contributed by atoms with Crippen LogP contribution >= 0.6 is 0 Å². The number of benzene rings is 2. The molecular formula is C18H17F2N3O. The Morgan fingerprint density at radius 1 is 1.17 bits per heavy atom. The monoisotopic (exact) mass is 329 g/mol. The van der Waals surface area contributed by atoms with E-state index in [-0.39, 0.29) is 11.5 Å². The summed E-state index contributed by atoms with van der Waals surface area (Å²) in [6, 6.07) is 10.8. The smallest absolute Gasteiger partial charge is 0.241 e. The predicted molar refractivity (Wildman–Crippen MR) is 87.2 cm³/mol. The van der Waals surface area contributed by atoms with Crippen molar-refractivity contribution < 1.29 is 13.6 Å². The molecule has 0 bridgehead atoms. The van der Waals surface area contributed by atoms with E-state index >= 15 is 0 Å². The highest BCUT2D eigenvalue weighted by molar-refractivity contribution is 5.94. The van der Waals surface area contributed by atoms with Gasteiger partial charge in [-0.25, -0.2) is 8.78 Å². The minimum Gasteiger partial charge on any atom is -0.325 e. The topological polar surface area (TPSA) is 64.9 Å². The standard InChI is InChI=1S/C18H17F2N3O/c1-11(16-7-6-14(19)9-17(16)20)22-12(2)18(24)23-15-5-3-4-13(8-15)10-21/h3-9,11-12,22H,1-2H3,(H,23,24)/t11-,12-/m0/s1. The van der Waals surface area contributed by atoms with E-state index in [0.717, 1.165) is 6.07 Å². The Balaban J connectivity index is 2.01. The number of carbonyl (C=O) groups is 1. The molecule has 6 heteroatoms. The molecule has 0 aliphatic rings. The van der Waals surface area contributed by atoms with Crippen LogP contribution in [0.2, 0.25) is 0 Å². The Bertz CT molecular complexity index is 786. The third-order valence-electron chi connectivity index (χ3n) is 3.58. The van der Waals surface area contributed by atoms with Crippen LogP contribution in [0.4, 0.5) is 14.5 Å². The molecule has 0 aliphatic heterocycles. The molecular weight excluding hydrogens is 312 g/mol. The molecule has 4 nitrogen and oxygen atoms in total. The molecule has 0 aliphatic carbocycles. The summed E-state index contributed by atoms with van der Waals surface area (Å²) < 4.78 is 26.7. The van der Waals surface area contributed by atoms with Gasteiger partial charge in [-0.2, -0.15) is 5.26 Å². The molecule has 0 aromatic heterocycles. The second kappa shape index (κ2) is 7.66. The predicted octanol–water partition coefficient (Wildman–Crippen LogP) is 3.51. The fraction of sp³-hybridized carbons (Fsp3) is 0.222. The summed E-state index contributed by atoms with van der Waals surface area (Å²) in [7, 11) is 0. The highest BCUT2D eigenvalue weighted by Gasteiger charge is 2.18. The lowest BCUT2D eigenvalue weighted by Crippen LogP contribution is -2.39. The molecule has 0 unspecified atom stereocenters. The third kappa shape index (κ3) is 4.37. The number of hydrogen-bond acceptors (Lipinski definition) is 3. The largest absolute Gasteiger partial charge is 0.325 e. The minimum atomic E-state index is -0.663. The zero-order valence-electron chi connectivity index (χ0n) is 13.3. The van der Waals surface area contributed by atoms with Crippen LogP contribution in [0.25, 0.3) is 0 Å². The number of nitrogens with zero attached hydrogens (tertiary/aromatic N) is 1. The first-order valence-electron chi connectivity index (χ1n) is 7.42. The zero-order chi connectivity index (χ0) is 17.7. The van der Waals surface area contributed by atoms with Crippen molar-refractivity contribution in [1.82, 2.24) is 5.32 Å². The molecule has 2 rings (SSSR count). The molecule has 2 atom stereocenters. The molecule has 0 saturated heterocycles. The Kier molecular flexibility index (Phi) is 5.61. The first-order chi connectivity index (χ1) is 11.4. The van der Waals surface area contributed by atoms with Crippen molar-refractivity contribution in [2.24, 2.45) is 0 Å². The molecule has 124 valence electrons. The zero-order valence-corrected chi connectivity index (χ0v) is 13.3. The van der Waals surface area contributed by atoms with Gasteiger partial charge in [0.05, 0.1) is 17.7 Å². The molecule has 2 aromatic carbocycles. The molecule has 0 fully saturated rings. The third-order valence-corrected chi connectivity index (χ3v) is 3.58.